The highest BCUT2D eigenvalue weighted by Gasteiger charge is 2.32. The molecule has 5 rings (SSSR count). The number of rotatable bonds is 6. The highest BCUT2D eigenvalue weighted by Crippen LogP contribution is 2.29. The van der Waals surface area contributed by atoms with E-state index in [2.05, 4.69) is 60.3 Å². The molecule has 1 N–H and O–H groups in total. The topological polar surface area (TPSA) is 84.2 Å². The Morgan fingerprint density at radius 2 is 1.90 bits per heavy atom. The van der Waals surface area contributed by atoms with Gasteiger partial charge in [0.2, 0.25) is 5.95 Å². The molecule has 0 bridgehead atoms. The average molecular weight is 409 g/mol. The van der Waals surface area contributed by atoms with E-state index >= 15 is 0 Å². The van der Waals surface area contributed by atoms with Crippen LogP contribution < -0.4 is 10.2 Å². The van der Waals surface area contributed by atoms with E-state index in [9.17, 15) is 0 Å². The molecule has 2 aliphatic rings. The number of nitrogens with zero attached hydrogens (tertiary/aromatic N) is 7. The third-order valence-corrected chi connectivity index (χ3v) is 5.73. The second-order valence-electron chi connectivity index (χ2n) is 7.68. The first-order valence-electron chi connectivity index (χ1n) is 10.4. The van der Waals surface area contributed by atoms with E-state index in [0.29, 0.717) is 12.0 Å². The molecule has 30 heavy (non-hydrogen) atoms. The number of hydrogen-bond donors (Lipinski definition) is 1. The van der Waals surface area contributed by atoms with Crippen LogP contribution in [0.1, 0.15) is 13.9 Å². The maximum atomic E-state index is 5.48. The number of aryl methyl sites for hydroxylation is 1. The van der Waals surface area contributed by atoms with E-state index in [1.807, 2.05) is 0 Å². The number of ether oxygens (including phenoxy) is 1. The Hall–Kier alpha value is -3.04. The summed E-state index contributed by atoms with van der Waals surface area (Å²) in [6.07, 6.45) is 7.54. The Morgan fingerprint density at radius 3 is 2.67 bits per heavy atom. The van der Waals surface area contributed by atoms with Crippen LogP contribution in [0.2, 0.25) is 0 Å². The second-order valence-corrected chi connectivity index (χ2v) is 7.68. The minimum atomic E-state index is 0. The molecule has 0 amide bonds. The van der Waals surface area contributed by atoms with Crippen molar-refractivity contribution >= 4 is 17.3 Å². The molecule has 2 fully saturated rings. The first-order valence-corrected chi connectivity index (χ1v) is 10.4. The lowest BCUT2D eigenvalue weighted by Crippen LogP contribution is -2.61. The molecule has 2 aliphatic heterocycles. The fourth-order valence-corrected chi connectivity index (χ4v) is 3.96. The number of benzene rings is 1. The van der Waals surface area contributed by atoms with Gasteiger partial charge in [0.05, 0.1) is 25.6 Å². The summed E-state index contributed by atoms with van der Waals surface area (Å²) in [5.74, 6) is 0.549. The number of morpholine rings is 1. The summed E-state index contributed by atoms with van der Waals surface area (Å²) in [7, 11) is 0. The van der Waals surface area contributed by atoms with E-state index in [0.717, 1.165) is 57.2 Å². The molecule has 0 unspecified atom stereocenters. The molecule has 0 radical (unpaired) electrons. The largest absolute Gasteiger partial charge is 0.379 e. The lowest BCUT2D eigenvalue weighted by Gasteiger charge is -2.47. The normalized spacial score (nSPS) is 17.7. The summed E-state index contributed by atoms with van der Waals surface area (Å²) >= 11 is 0. The smallest absolute Gasteiger partial charge is 0.246 e. The maximum absolute atomic E-state index is 5.48. The van der Waals surface area contributed by atoms with Crippen LogP contribution in [0.4, 0.5) is 17.3 Å². The molecule has 0 aliphatic carbocycles. The monoisotopic (exact) mass is 408 g/mol. The maximum Gasteiger partial charge on any atom is 0.246 e. The average Bonchev–Trinajstić information content (AvgIpc) is 3.22. The SMILES string of the molecule is CCc1cc(Nc2ncn(-c3cncnc3)n2)cc(N2CC(N3CCOCC3)C2)c1.[HH]. The van der Waals surface area contributed by atoms with Gasteiger partial charge in [0.1, 0.15) is 18.3 Å². The van der Waals surface area contributed by atoms with E-state index in [1.165, 1.54) is 17.6 Å². The van der Waals surface area contributed by atoms with Gasteiger partial charge >= 0.3 is 0 Å². The van der Waals surface area contributed by atoms with E-state index in [-0.39, 0.29) is 1.43 Å². The number of anilines is 3. The molecule has 9 nitrogen and oxygen atoms in total. The van der Waals surface area contributed by atoms with Gasteiger partial charge in [-0.05, 0) is 30.2 Å². The Morgan fingerprint density at radius 1 is 1.10 bits per heavy atom. The third-order valence-electron chi connectivity index (χ3n) is 5.73. The number of nitrogens with one attached hydrogen (secondary N) is 1. The summed E-state index contributed by atoms with van der Waals surface area (Å²) in [4.78, 5) is 17.4. The first-order chi connectivity index (χ1) is 14.8. The molecule has 3 aromatic rings. The number of aromatic nitrogens is 5. The van der Waals surface area contributed by atoms with Crippen LogP contribution in [0.5, 0.6) is 0 Å². The summed E-state index contributed by atoms with van der Waals surface area (Å²) in [6.45, 7) is 8.09. The molecule has 0 atom stereocenters. The van der Waals surface area contributed by atoms with Gasteiger partial charge in [-0.15, -0.1) is 5.10 Å². The van der Waals surface area contributed by atoms with Gasteiger partial charge in [-0.3, -0.25) is 4.90 Å². The van der Waals surface area contributed by atoms with Crippen molar-refractivity contribution in [1.29, 1.82) is 0 Å². The van der Waals surface area contributed by atoms with Gasteiger partial charge in [0.25, 0.3) is 0 Å². The van der Waals surface area contributed by atoms with Crippen molar-refractivity contribution in [3.8, 4) is 5.69 Å². The molecule has 2 saturated heterocycles. The second kappa shape index (κ2) is 8.37. The highest BCUT2D eigenvalue weighted by atomic mass is 16.5. The standard InChI is InChI=1S/C21H26N8O.H2/c1-2-16-7-17(25-21-24-15-29(26-21)19-10-22-14-23-11-19)9-18(8-16)28-12-20(13-28)27-3-5-30-6-4-27;/h7-11,14-15,20H,2-6,12-13H2,1H3,(H,25,26);1H. The molecular weight excluding hydrogens is 380 g/mol. The van der Waals surface area contributed by atoms with Crippen molar-refractivity contribution in [3.05, 3.63) is 48.8 Å². The van der Waals surface area contributed by atoms with Gasteiger partial charge in [0, 0.05) is 45.0 Å². The molecule has 0 spiro atoms. The van der Waals surface area contributed by atoms with Crippen molar-refractivity contribution in [2.45, 2.75) is 19.4 Å². The predicted octanol–water partition coefficient (Wildman–Crippen LogP) is 2.13. The Balaban J connectivity index is 0.00000231. The van der Waals surface area contributed by atoms with Gasteiger partial charge in [0.15, 0.2) is 0 Å². The summed E-state index contributed by atoms with van der Waals surface area (Å²) in [6, 6.07) is 7.26. The van der Waals surface area contributed by atoms with Crippen molar-refractivity contribution in [1.82, 2.24) is 29.6 Å². The van der Waals surface area contributed by atoms with Crippen molar-refractivity contribution in [3.63, 3.8) is 0 Å². The fourth-order valence-electron chi connectivity index (χ4n) is 3.96. The Bertz CT molecular complexity index is 986. The number of hydrogen-bond acceptors (Lipinski definition) is 8. The van der Waals surface area contributed by atoms with Crippen molar-refractivity contribution in [2.75, 3.05) is 49.6 Å². The van der Waals surface area contributed by atoms with Crippen LogP contribution in [0, 0.1) is 0 Å². The van der Waals surface area contributed by atoms with Gasteiger partial charge < -0.3 is 15.0 Å². The Labute approximate surface area is 177 Å². The molecule has 4 heterocycles. The highest BCUT2D eigenvalue weighted by molar-refractivity contribution is 5.65. The molecule has 2 aromatic heterocycles. The van der Waals surface area contributed by atoms with E-state index < -0.39 is 0 Å². The summed E-state index contributed by atoms with van der Waals surface area (Å²) in [5, 5.41) is 7.84. The summed E-state index contributed by atoms with van der Waals surface area (Å²) < 4.78 is 7.14. The van der Waals surface area contributed by atoms with E-state index in [1.54, 1.807) is 23.4 Å². The molecule has 0 saturated carbocycles. The fraction of sp³-hybridized carbons (Fsp3) is 0.429. The zero-order valence-corrected chi connectivity index (χ0v) is 17.1. The van der Waals surface area contributed by atoms with Crippen LogP contribution >= 0.6 is 0 Å². The molecule has 1 aromatic carbocycles. The quantitative estimate of drug-likeness (QED) is 0.664. The molecule has 9 heteroatoms. The zero-order valence-electron chi connectivity index (χ0n) is 17.1. The lowest BCUT2D eigenvalue weighted by molar-refractivity contribution is 0.0105. The van der Waals surface area contributed by atoms with Gasteiger partial charge in [-0.25, -0.2) is 14.6 Å². The minimum absolute atomic E-state index is 0. The summed E-state index contributed by atoms with van der Waals surface area (Å²) in [5.41, 5.74) is 4.31. The van der Waals surface area contributed by atoms with Crippen LogP contribution in [0.25, 0.3) is 5.69 Å². The van der Waals surface area contributed by atoms with Gasteiger partial charge in [-0.2, -0.15) is 4.98 Å². The first kappa shape index (κ1) is 19.0. The lowest BCUT2D eigenvalue weighted by atomic mass is 10.0. The van der Waals surface area contributed by atoms with Crippen LogP contribution in [-0.2, 0) is 11.2 Å². The van der Waals surface area contributed by atoms with E-state index in [4.69, 9.17) is 4.74 Å². The van der Waals surface area contributed by atoms with Crippen LogP contribution in [-0.4, -0.2) is 75.1 Å². The van der Waals surface area contributed by atoms with Crippen LogP contribution in [0.3, 0.4) is 0 Å². The minimum Gasteiger partial charge on any atom is -0.379 e. The van der Waals surface area contributed by atoms with Crippen molar-refractivity contribution in [2.24, 2.45) is 0 Å². The zero-order chi connectivity index (χ0) is 20.3. The predicted molar refractivity (Wildman–Crippen MR) is 117 cm³/mol. The van der Waals surface area contributed by atoms with Gasteiger partial charge in [-0.1, -0.05) is 6.92 Å². The van der Waals surface area contributed by atoms with Crippen LogP contribution in [0.15, 0.2) is 43.2 Å². The molecule has 158 valence electrons. The molecular formula is C21H28N8O. The third kappa shape index (κ3) is 3.99. The van der Waals surface area contributed by atoms with Crippen molar-refractivity contribution < 1.29 is 6.16 Å². The Kier molecular flexibility index (Phi) is 5.29.